The smallest absolute Gasteiger partial charge is 0.358 e. The van der Waals surface area contributed by atoms with Crippen LogP contribution in [0.1, 0.15) is 38.9 Å². The zero-order valence-electron chi connectivity index (χ0n) is 36.5. The van der Waals surface area contributed by atoms with E-state index in [1.807, 2.05) is 30.2 Å². The number of benzene rings is 7. The van der Waals surface area contributed by atoms with Crippen LogP contribution in [-0.2, 0) is 21.1 Å². The fourth-order valence-electron chi connectivity index (χ4n) is 5.72. The summed E-state index contributed by atoms with van der Waals surface area (Å²) < 4.78 is 0. The van der Waals surface area contributed by atoms with Crippen LogP contribution in [0, 0.1) is 115 Å². The van der Waals surface area contributed by atoms with E-state index in [9.17, 15) is 0 Å². The summed E-state index contributed by atoms with van der Waals surface area (Å²) in [5, 5.41) is 8.46. The predicted molar refractivity (Wildman–Crippen MR) is 268 cm³/mol. The molecule has 0 aliphatic carbocycles. The predicted octanol–water partition coefficient (Wildman–Crippen LogP) is 10.8. The first-order chi connectivity index (χ1) is 29.6. The Kier molecular flexibility index (Phi) is 22.4. The third-order valence-electron chi connectivity index (χ3n) is 9.09. The third kappa shape index (κ3) is 17.5. The van der Waals surface area contributed by atoms with Gasteiger partial charge in [0.15, 0.2) is 0 Å². The van der Waals surface area contributed by atoms with Crippen molar-refractivity contribution in [2.24, 2.45) is 0 Å². The summed E-state index contributed by atoms with van der Waals surface area (Å²) in [5.41, 5.74) is 9.16. The molecular formula is C59H50P2Pt. The minimum absolute atomic E-state index is 0. The molecule has 0 radical (unpaired) electrons. The van der Waals surface area contributed by atoms with Crippen LogP contribution in [0.4, 0.5) is 0 Å². The van der Waals surface area contributed by atoms with Crippen molar-refractivity contribution < 1.29 is 21.1 Å². The monoisotopic (exact) mass is 1020 g/mol. The van der Waals surface area contributed by atoms with Gasteiger partial charge in [-0.25, -0.2) is 5.92 Å². The molecule has 0 spiro atoms. The molecule has 0 fully saturated rings. The van der Waals surface area contributed by atoms with Gasteiger partial charge in [0, 0.05) is 0 Å². The number of aryl methyl sites for hydroxylation is 7. The zero-order chi connectivity index (χ0) is 43.8. The standard InChI is InChI=1S/2C21H21P.C10H.C7H7.Pt/c2*1-16-4-10-19(11-5-16)22(20-12-6-17(2)7-13-20)21-14-8-18(3)9-15-21;1-3-5-7-9-10-8-6-4-2;1-7-5-3-2-4-6-7;/h2*4-15H,1-3H3;1H;3-6H,1H3;/q;;2*-1;+2. The zero-order valence-corrected chi connectivity index (χ0v) is 40.5. The van der Waals surface area contributed by atoms with Gasteiger partial charge in [-0.05, 0) is 119 Å². The van der Waals surface area contributed by atoms with Crippen molar-refractivity contribution in [3.63, 3.8) is 0 Å². The normalized spacial score (nSPS) is 9.27. The Hall–Kier alpha value is -6.11. The molecule has 7 aromatic carbocycles. The van der Waals surface area contributed by atoms with Crippen LogP contribution in [0.15, 0.2) is 170 Å². The molecule has 3 heteroatoms. The molecule has 0 heterocycles. The Bertz CT molecular complexity index is 2290. The second kappa shape index (κ2) is 27.7. The van der Waals surface area contributed by atoms with Crippen molar-refractivity contribution in [2.45, 2.75) is 48.5 Å². The fourth-order valence-corrected chi connectivity index (χ4v) is 10.2. The Morgan fingerprint density at radius 2 is 0.548 bits per heavy atom. The number of hydrogen-bond donors (Lipinski definition) is 0. The average Bonchev–Trinajstić information content (AvgIpc) is 3.27. The Balaban J connectivity index is 0.000000240. The Morgan fingerprint density at radius 3 is 0.742 bits per heavy atom. The molecule has 0 unspecified atom stereocenters. The van der Waals surface area contributed by atoms with Crippen molar-refractivity contribution >= 4 is 47.7 Å². The fraction of sp³-hybridized carbons (Fsp3) is 0.119. The van der Waals surface area contributed by atoms with Crippen LogP contribution in [0.25, 0.3) is 0 Å². The molecule has 306 valence electrons. The van der Waals surface area contributed by atoms with Crippen molar-refractivity contribution in [3.8, 4) is 53.8 Å². The van der Waals surface area contributed by atoms with Gasteiger partial charge in [-0.3, -0.25) is 5.92 Å². The summed E-state index contributed by atoms with van der Waals surface area (Å²) in [4.78, 5) is 0. The molecule has 0 aliphatic heterocycles. The van der Waals surface area contributed by atoms with Gasteiger partial charge in [-0.1, -0.05) is 186 Å². The molecule has 0 saturated heterocycles. The van der Waals surface area contributed by atoms with Crippen LogP contribution in [0.2, 0.25) is 0 Å². The van der Waals surface area contributed by atoms with Crippen molar-refractivity contribution in [1.82, 2.24) is 0 Å². The van der Waals surface area contributed by atoms with Crippen molar-refractivity contribution in [3.05, 3.63) is 221 Å². The number of rotatable bonds is 6. The number of hydrogen-bond acceptors (Lipinski definition) is 0. The van der Waals surface area contributed by atoms with Crippen LogP contribution in [0.5, 0.6) is 0 Å². The Morgan fingerprint density at radius 1 is 0.339 bits per heavy atom. The second-order valence-corrected chi connectivity index (χ2v) is 18.7. The van der Waals surface area contributed by atoms with Crippen LogP contribution >= 0.6 is 15.8 Å². The van der Waals surface area contributed by atoms with Gasteiger partial charge in [0.1, 0.15) is 0 Å². The van der Waals surface area contributed by atoms with E-state index in [4.69, 9.17) is 12.8 Å². The van der Waals surface area contributed by atoms with Gasteiger partial charge in [0.05, 0.1) is 0 Å². The van der Waals surface area contributed by atoms with Gasteiger partial charge in [0.2, 0.25) is 0 Å². The molecule has 7 rings (SSSR count). The minimum Gasteiger partial charge on any atom is -0.358 e. The first kappa shape index (κ1) is 50.2. The largest absolute Gasteiger partial charge is 2.00 e. The van der Waals surface area contributed by atoms with E-state index in [1.54, 1.807) is 0 Å². The van der Waals surface area contributed by atoms with Crippen molar-refractivity contribution in [2.75, 3.05) is 0 Å². The van der Waals surface area contributed by atoms with E-state index in [2.05, 4.69) is 242 Å². The van der Waals surface area contributed by atoms with Gasteiger partial charge in [0.25, 0.3) is 0 Å². The van der Waals surface area contributed by atoms with E-state index in [-0.39, 0.29) is 21.1 Å². The molecular weight excluding hydrogens is 966 g/mol. The van der Waals surface area contributed by atoms with Gasteiger partial charge in [-0.15, -0.1) is 12.3 Å². The SMILES string of the molecule is Cc1cc[c-]cc1.Cc1ccc(P(c2ccc(C)cc2)c2ccc(C)cc2)cc1.Cc1ccc(P(c2ccc(C)cc2)c2ccc(C)cc2)cc1.[C-]#CC#CC#CC#CC#C.[Pt+2]. The molecule has 0 bridgehead atoms. The quantitative estimate of drug-likeness (QED) is 0.0885. The summed E-state index contributed by atoms with van der Waals surface area (Å²) in [6.45, 7) is 14.9. The first-order valence-electron chi connectivity index (χ1n) is 19.9. The molecule has 0 saturated carbocycles. The molecule has 0 nitrogen and oxygen atoms in total. The summed E-state index contributed by atoms with van der Waals surface area (Å²) in [5.74, 6) is 17.8. The molecule has 7 aromatic rings. The summed E-state index contributed by atoms with van der Waals surface area (Å²) in [6, 6.07) is 64.7. The van der Waals surface area contributed by atoms with E-state index >= 15 is 0 Å². The van der Waals surface area contributed by atoms with E-state index in [1.165, 1.54) is 70.8 Å². The van der Waals surface area contributed by atoms with Crippen LogP contribution in [0.3, 0.4) is 0 Å². The molecule has 62 heavy (non-hydrogen) atoms. The Labute approximate surface area is 389 Å². The molecule has 0 N–H and O–H groups in total. The summed E-state index contributed by atoms with van der Waals surface area (Å²) in [6.07, 6.45) is 11.2. The summed E-state index contributed by atoms with van der Waals surface area (Å²) >= 11 is 0. The van der Waals surface area contributed by atoms with E-state index in [0.717, 1.165) is 0 Å². The van der Waals surface area contributed by atoms with Crippen LogP contribution in [-0.4, -0.2) is 0 Å². The average molecular weight is 1020 g/mol. The topological polar surface area (TPSA) is 0 Å². The molecule has 0 aliphatic rings. The molecule has 0 amide bonds. The van der Waals surface area contributed by atoms with Gasteiger partial charge >= 0.3 is 21.1 Å². The molecule has 0 atom stereocenters. The number of terminal acetylenes is 1. The maximum absolute atomic E-state index is 6.36. The first-order valence-corrected chi connectivity index (χ1v) is 22.6. The molecule has 0 aromatic heterocycles. The maximum Gasteiger partial charge on any atom is 2.00 e. The third-order valence-corrected chi connectivity index (χ3v) is 14.0. The van der Waals surface area contributed by atoms with E-state index < -0.39 is 15.8 Å². The van der Waals surface area contributed by atoms with Gasteiger partial charge in [-0.2, -0.15) is 35.9 Å². The van der Waals surface area contributed by atoms with Crippen LogP contribution < -0.4 is 31.8 Å². The maximum atomic E-state index is 6.36. The summed E-state index contributed by atoms with van der Waals surface area (Å²) in [7, 11) is -0.966. The minimum atomic E-state index is -0.483. The van der Waals surface area contributed by atoms with Crippen molar-refractivity contribution in [1.29, 1.82) is 0 Å². The van der Waals surface area contributed by atoms with E-state index in [0.29, 0.717) is 0 Å². The van der Waals surface area contributed by atoms with Gasteiger partial charge < -0.3 is 6.42 Å². The second-order valence-electron chi connectivity index (χ2n) is 14.3.